The largest absolute Gasteiger partial charge is 0.332 e. The molecule has 0 saturated heterocycles. The number of rotatable bonds is 4. The molecule has 0 radical (unpaired) electrons. The monoisotopic (exact) mass is 399 g/mol. The highest BCUT2D eigenvalue weighted by Crippen LogP contribution is 2.18. The van der Waals surface area contributed by atoms with Gasteiger partial charge >= 0.3 is 0 Å². The third kappa shape index (κ3) is 5.26. The zero-order valence-electron chi connectivity index (χ0n) is 14.0. The van der Waals surface area contributed by atoms with Gasteiger partial charge in [0.1, 0.15) is 5.82 Å². The van der Waals surface area contributed by atoms with Crippen molar-refractivity contribution in [2.45, 2.75) is 0 Å². The highest BCUT2D eigenvalue weighted by molar-refractivity contribution is 7.80. The molecule has 0 atom stereocenters. The van der Waals surface area contributed by atoms with Crippen LogP contribution in [-0.4, -0.2) is 11.0 Å². The van der Waals surface area contributed by atoms with Crippen molar-refractivity contribution in [3.63, 3.8) is 0 Å². The summed E-state index contributed by atoms with van der Waals surface area (Å²) in [7, 11) is 0. The third-order valence-electron chi connectivity index (χ3n) is 3.60. The van der Waals surface area contributed by atoms with Gasteiger partial charge in [0.15, 0.2) is 5.11 Å². The lowest BCUT2D eigenvalue weighted by molar-refractivity contribution is 0.102. The molecule has 0 unspecified atom stereocenters. The first-order valence-electron chi connectivity index (χ1n) is 8.01. The number of hydrogen-bond acceptors (Lipinski definition) is 2. The molecule has 0 aromatic heterocycles. The molecule has 0 spiro atoms. The second kappa shape index (κ2) is 8.62. The van der Waals surface area contributed by atoms with Crippen LogP contribution in [0.1, 0.15) is 10.4 Å². The molecule has 0 heterocycles. The van der Waals surface area contributed by atoms with E-state index in [-0.39, 0.29) is 5.56 Å². The van der Waals surface area contributed by atoms with Gasteiger partial charge in [-0.2, -0.15) is 0 Å². The molecule has 0 aliphatic heterocycles. The predicted molar refractivity (Wildman–Crippen MR) is 112 cm³/mol. The Kier molecular flexibility index (Phi) is 6.01. The van der Waals surface area contributed by atoms with Gasteiger partial charge in [0.05, 0.1) is 5.56 Å². The molecule has 7 heteroatoms. The Morgan fingerprint density at radius 3 is 2.11 bits per heavy atom. The van der Waals surface area contributed by atoms with Crippen molar-refractivity contribution in [2.75, 3.05) is 16.0 Å². The van der Waals surface area contributed by atoms with E-state index in [2.05, 4.69) is 16.0 Å². The van der Waals surface area contributed by atoms with Crippen molar-refractivity contribution in [2.24, 2.45) is 0 Å². The zero-order chi connectivity index (χ0) is 19.2. The van der Waals surface area contributed by atoms with Crippen LogP contribution in [0.4, 0.5) is 21.5 Å². The number of carbonyl (C=O) groups is 1. The van der Waals surface area contributed by atoms with Gasteiger partial charge in [-0.25, -0.2) is 4.39 Å². The quantitative estimate of drug-likeness (QED) is 0.504. The maximum Gasteiger partial charge on any atom is 0.258 e. The molecule has 136 valence electrons. The average Bonchev–Trinajstić information content (AvgIpc) is 2.63. The minimum Gasteiger partial charge on any atom is -0.332 e. The summed E-state index contributed by atoms with van der Waals surface area (Å²) in [6.45, 7) is 0. The van der Waals surface area contributed by atoms with Gasteiger partial charge < -0.3 is 16.0 Å². The molecule has 3 aromatic carbocycles. The third-order valence-corrected chi connectivity index (χ3v) is 4.04. The molecular formula is C20H15ClFN3OS. The van der Waals surface area contributed by atoms with Crippen LogP contribution in [0.25, 0.3) is 0 Å². The fourth-order valence-corrected chi connectivity index (χ4v) is 2.77. The average molecular weight is 400 g/mol. The van der Waals surface area contributed by atoms with Crippen LogP contribution < -0.4 is 16.0 Å². The molecule has 0 aliphatic carbocycles. The second-order valence-corrected chi connectivity index (χ2v) is 6.45. The molecule has 0 aliphatic rings. The van der Waals surface area contributed by atoms with Crippen molar-refractivity contribution >= 4 is 51.9 Å². The molecule has 3 N–H and O–H groups in total. The van der Waals surface area contributed by atoms with Gasteiger partial charge in [0.25, 0.3) is 5.91 Å². The minimum atomic E-state index is -0.564. The second-order valence-electron chi connectivity index (χ2n) is 5.60. The van der Waals surface area contributed by atoms with Crippen molar-refractivity contribution in [1.29, 1.82) is 0 Å². The highest BCUT2D eigenvalue weighted by atomic mass is 35.5. The van der Waals surface area contributed by atoms with Crippen LogP contribution >= 0.6 is 23.8 Å². The number of nitrogens with one attached hydrogen (secondary N) is 3. The van der Waals surface area contributed by atoms with Gasteiger partial charge in [-0.1, -0.05) is 29.8 Å². The fourth-order valence-electron chi connectivity index (χ4n) is 2.34. The highest BCUT2D eigenvalue weighted by Gasteiger charge is 2.10. The predicted octanol–water partition coefficient (Wildman–Crippen LogP) is 5.54. The van der Waals surface area contributed by atoms with E-state index in [0.717, 1.165) is 11.4 Å². The van der Waals surface area contributed by atoms with Crippen LogP contribution in [0.15, 0.2) is 72.8 Å². The Labute approximate surface area is 166 Å². The molecular weight excluding hydrogens is 385 g/mol. The lowest BCUT2D eigenvalue weighted by Crippen LogP contribution is -2.19. The number of carbonyl (C=O) groups excluding carboxylic acids is 1. The van der Waals surface area contributed by atoms with E-state index in [1.807, 2.05) is 12.1 Å². The van der Waals surface area contributed by atoms with Gasteiger partial charge in [-0.05, 0) is 66.8 Å². The van der Waals surface area contributed by atoms with Gasteiger partial charge in [0.2, 0.25) is 0 Å². The molecule has 27 heavy (non-hydrogen) atoms. The van der Waals surface area contributed by atoms with Crippen molar-refractivity contribution in [1.82, 2.24) is 0 Å². The number of amides is 1. The summed E-state index contributed by atoms with van der Waals surface area (Å²) in [6, 6.07) is 19.9. The summed E-state index contributed by atoms with van der Waals surface area (Å²) in [5, 5.41) is 9.73. The SMILES string of the molecule is O=C(Nc1ccc(NC(=S)Nc2cccc(Cl)c2)cc1)c1ccccc1F. The first kappa shape index (κ1) is 18.8. The van der Waals surface area contributed by atoms with E-state index < -0.39 is 11.7 Å². The van der Waals surface area contributed by atoms with Gasteiger partial charge in [0, 0.05) is 22.1 Å². The number of halogens is 2. The molecule has 3 aromatic rings. The molecule has 0 bridgehead atoms. The zero-order valence-corrected chi connectivity index (χ0v) is 15.6. The lowest BCUT2D eigenvalue weighted by atomic mass is 10.2. The molecule has 0 fully saturated rings. The molecule has 0 saturated carbocycles. The van der Waals surface area contributed by atoms with Crippen molar-refractivity contribution in [3.8, 4) is 0 Å². The van der Waals surface area contributed by atoms with Crippen LogP contribution in [0, 0.1) is 5.82 Å². The summed E-state index contributed by atoms with van der Waals surface area (Å²) in [6.07, 6.45) is 0. The van der Waals surface area contributed by atoms with Gasteiger partial charge in [-0.15, -0.1) is 0 Å². The smallest absolute Gasteiger partial charge is 0.258 e. The van der Waals surface area contributed by atoms with Crippen LogP contribution in [0.2, 0.25) is 5.02 Å². The van der Waals surface area contributed by atoms with Crippen molar-refractivity contribution in [3.05, 3.63) is 89.2 Å². The van der Waals surface area contributed by atoms with E-state index in [1.54, 1.807) is 42.5 Å². The Hall–Kier alpha value is -2.96. The Morgan fingerprint density at radius 1 is 0.815 bits per heavy atom. The van der Waals surface area contributed by atoms with E-state index >= 15 is 0 Å². The standard InChI is InChI=1S/C20H15ClFN3OS/c21-13-4-3-5-16(12-13)25-20(27)24-15-10-8-14(9-11-15)23-19(26)17-6-1-2-7-18(17)22/h1-12H,(H,23,26)(H2,24,25,27). The van der Waals surface area contributed by atoms with E-state index in [1.165, 1.54) is 18.2 Å². The minimum absolute atomic E-state index is 0.00778. The van der Waals surface area contributed by atoms with E-state index in [9.17, 15) is 9.18 Å². The summed E-state index contributed by atoms with van der Waals surface area (Å²) in [5.41, 5.74) is 2.04. The molecule has 1 amide bonds. The normalized spacial score (nSPS) is 10.1. The van der Waals surface area contributed by atoms with E-state index in [0.29, 0.717) is 15.8 Å². The maximum absolute atomic E-state index is 13.7. The number of anilines is 3. The number of benzene rings is 3. The number of hydrogen-bond donors (Lipinski definition) is 3. The first-order chi connectivity index (χ1) is 13.0. The van der Waals surface area contributed by atoms with E-state index in [4.69, 9.17) is 23.8 Å². The maximum atomic E-state index is 13.7. The molecule has 3 rings (SSSR count). The summed E-state index contributed by atoms with van der Waals surface area (Å²) < 4.78 is 13.7. The summed E-state index contributed by atoms with van der Waals surface area (Å²) in [5.74, 6) is -1.07. The number of thiocarbonyl (C=S) groups is 1. The molecule has 4 nitrogen and oxygen atoms in total. The van der Waals surface area contributed by atoms with Crippen LogP contribution in [0.3, 0.4) is 0 Å². The fraction of sp³-hybridized carbons (Fsp3) is 0. The Morgan fingerprint density at radius 2 is 1.44 bits per heavy atom. The first-order valence-corrected chi connectivity index (χ1v) is 8.79. The summed E-state index contributed by atoms with van der Waals surface area (Å²) in [4.78, 5) is 12.1. The van der Waals surface area contributed by atoms with Crippen LogP contribution in [0.5, 0.6) is 0 Å². The Bertz CT molecular complexity index is 979. The lowest BCUT2D eigenvalue weighted by Gasteiger charge is -2.12. The Balaban J connectivity index is 1.59. The summed E-state index contributed by atoms with van der Waals surface area (Å²) >= 11 is 11.2. The topological polar surface area (TPSA) is 53.2 Å². The van der Waals surface area contributed by atoms with Crippen LogP contribution in [-0.2, 0) is 0 Å². The van der Waals surface area contributed by atoms with Gasteiger partial charge in [-0.3, -0.25) is 4.79 Å². The van der Waals surface area contributed by atoms with Crippen molar-refractivity contribution < 1.29 is 9.18 Å².